The molecule has 12 heteroatoms. The Hall–Kier alpha value is -2.99. The normalized spacial score (nSPS) is 19.1. The number of nitrogens with one attached hydrogen (secondary N) is 2. The number of aromatic nitrogens is 2. The molecule has 0 saturated heterocycles. The number of alkyl halides is 2. The molecular formula is C24H31F2N5O4S. The van der Waals surface area contributed by atoms with Gasteiger partial charge in [-0.2, -0.15) is 8.78 Å². The van der Waals surface area contributed by atoms with Crippen molar-refractivity contribution in [1.29, 1.82) is 0 Å². The molecule has 0 saturated carbocycles. The molecule has 196 valence electrons. The second-order valence-electron chi connectivity index (χ2n) is 9.01. The molecule has 0 radical (unpaired) electrons. The van der Waals surface area contributed by atoms with Gasteiger partial charge in [-0.05, 0) is 48.8 Å². The van der Waals surface area contributed by atoms with Gasteiger partial charge in [0.1, 0.15) is 23.4 Å². The molecule has 9 nitrogen and oxygen atoms in total. The maximum atomic E-state index is 13.4. The van der Waals surface area contributed by atoms with E-state index < -0.39 is 11.8 Å². The fourth-order valence-electron chi connectivity index (χ4n) is 4.45. The van der Waals surface area contributed by atoms with E-state index in [1.807, 2.05) is 18.0 Å². The van der Waals surface area contributed by atoms with Crippen LogP contribution in [0, 0.1) is 0 Å². The van der Waals surface area contributed by atoms with Crippen molar-refractivity contribution in [2.24, 2.45) is 7.05 Å². The molecule has 3 N–H and O–H groups in total. The lowest BCUT2D eigenvalue weighted by Crippen LogP contribution is -2.46. The summed E-state index contributed by atoms with van der Waals surface area (Å²) in [5.41, 5.74) is 0.543. The molecule has 1 aromatic heterocycles. The molecule has 4 rings (SSSR count). The lowest BCUT2D eigenvalue weighted by molar-refractivity contribution is -0.158. The summed E-state index contributed by atoms with van der Waals surface area (Å²) in [4.78, 5) is 29.4. The average Bonchev–Trinajstić information content (AvgIpc) is 3.39. The molecule has 0 amide bonds. The molecule has 2 unspecified atom stereocenters. The smallest absolute Gasteiger partial charge is 0.394 e. The van der Waals surface area contributed by atoms with E-state index in [-0.39, 0.29) is 36.0 Å². The summed E-state index contributed by atoms with van der Waals surface area (Å²) in [5.74, 6) is 0.557. The van der Waals surface area contributed by atoms with E-state index in [0.717, 1.165) is 10.5 Å². The summed E-state index contributed by atoms with van der Waals surface area (Å²) in [5, 5.41) is 15.9. The van der Waals surface area contributed by atoms with Crippen molar-refractivity contribution in [2.45, 2.75) is 57.3 Å². The van der Waals surface area contributed by atoms with Gasteiger partial charge in [-0.25, -0.2) is 4.79 Å². The number of fused-ring (bicyclic) bond motifs is 1. The van der Waals surface area contributed by atoms with Crippen LogP contribution in [-0.4, -0.2) is 45.0 Å². The number of benzene rings is 1. The van der Waals surface area contributed by atoms with Crippen LogP contribution in [0.3, 0.4) is 0 Å². The number of aliphatic hydroxyl groups is 1. The van der Waals surface area contributed by atoms with E-state index in [9.17, 15) is 23.5 Å². The zero-order valence-corrected chi connectivity index (χ0v) is 21.3. The molecule has 0 aliphatic carbocycles. The van der Waals surface area contributed by atoms with Crippen LogP contribution in [0.4, 0.5) is 20.3 Å². The van der Waals surface area contributed by atoms with Crippen LogP contribution >= 0.6 is 11.8 Å². The molecule has 0 bridgehead atoms. The highest BCUT2D eigenvalue weighted by Gasteiger charge is 2.36. The Morgan fingerprint density at radius 2 is 1.94 bits per heavy atom. The summed E-state index contributed by atoms with van der Waals surface area (Å²) >= 11 is 1.68. The predicted molar refractivity (Wildman–Crippen MR) is 137 cm³/mol. The highest BCUT2D eigenvalue weighted by Crippen LogP contribution is 2.35. The summed E-state index contributed by atoms with van der Waals surface area (Å²) in [6.07, 6.45) is -0.0457. The molecule has 0 spiro atoms. The third-order valence-corrected chi connectivity index (χ3v) is 7.18. The van der Waals surface area contributed by atoms with Gasteiger partial charge >= 0.3 is 11.8 Å². The zero-order valence-electron chi connectivity index (χ0n) is 20.5. The molecule has 2 aliphatic heterocycles. The first-order valence-corrected chi connectivity index (χ1v) is 12.7. The maximum absolute atomic E-state index is 13.4. The second kappa shape index (κ2) is 10.6. The van der Waals surface area contributed by atoms with Crippen LogP contribution < -0.4 is 31.5 Å². The Bertz CT molecular complexity index is 1240. The number of ether oxygens (including phenoxy) is 1. The molecule has 2 aliphatic rings. The first-order valence-electron chi connectivity index (χ1n) is 11.8. The predicted octanol–water partition coefficient (Wildman–Crippen LogP) is 2.64. The number of halogens is 2. The van der Waals surface area contributed by atoms with E-state index in [2.05, 4.69) is 15.4 Å². The first-order chi connectivity index (χ1) is 17.1. The molecule has 1 aromatic carbocycles. The van der Waals surface area contributed by atoms with Crippen LogP contribution in [0.25, 0.3) is 0 Å². The summed E-state index contributed by atoms with van der Waals surface area (Å²) in [6, 6.07) is 6.51. The fourth-order valence-corrected chi connectivity index (χ4v) is 5.40. The Kier molecular flexibility index (Phi) is 7.65. The Morgan fingerprint density at radius 3 is 2.56 bits per heavy atom. The van der Waals surface area contributed by atoms with Gasteiger partial charge in [-0.1, -0.05) is 12.1 Å². The van der Waals surface area contributed by atoms with Crippen molar-refractivity contribution in [2.75, 3.05) is 23.4 Å². The molecular weight excluding hydrogens is 492 g/mol. The molecule has 3 heterocycles. The number of hydrogen-bond donors (Lipinski definition) is 3. The number of nitrogens with zero attached hydrogens (tertiary/aromatic N) is 3. The summed E-state index contributed by atoms with van der Waals surface area (Å²) in [7, 11) is 1.63. The lowest BCUT2D eigenvalue weighted by Gasteiger charge is -2.29. The minimum atomic E-state index is -3.25. The van der Waals surface area contributed by atoms with Crippen LogP contribution in [0.5, 0.6) is 5.75 Å². The van der Waals surface area contributed by atoms with Crippen LogP contribution in [0.2, 0.25) is 0 Å². The van der Waals surface area contributed by atoms with Crippen molar-refractivity contribution >= 4 is 23.3 Å². The molecule has 2 aromatic rings. The van der Waals surface area contributed by atoms with Gasteiger partial charge in [0.05, 0.1) is 11.9 Å². The van der Waals surface area contributed by atoms with Gasteiger partial charge in [0.2, 0.25) is 0 Å². The van der Waals surface area contributed by atoms with Gasteiger partial charge in [0, 0.05) is 33.3 Å². The molecule has 36 heavy (non-hydrogen) atoms. The number of aryl methyl sites for hydroxylation is 1. The van der Waals surface area contributed by atoms with Crippen LogP contribution in [0.15, 0.2) is 45.0 Å². The van der Waals surface area contributed by atoms with E-state index >= 15 is 0 Å². The van der Waals surface area contributed by atoms with Crippen molar-refractivity contribution in [3.8, 4) is 5.75 Å². The monoisotopic (exact) mass is 523 g/mol. The van der Waals surface area contributed by atoms with Crippen LogP contribution in [0.1, 0.15) is 32.3 Å². The van der Waals surface area contributed by atoms with Gasteiger partial charge in [-0.3, -0.25) is 13.9 Å². The number of allylic oxidation sites excluding steroid dienone is 1. The average molecular weight is 524 g/mol. The topological polar surface area (TPSA) is 101 Å². The fraction of sp³-hybridized carbons (Fsp3) is 0.500. The molecule has 2 atom stereocenters. The van der Waals surface area contributed by atoms with Gasteiger partial charge in [-0.15, -0.1) is 11.8 Å². The third-order valence-electron chi connectivity index (χ3n) is 6.12. The zero-order chi connectivity index (χ0) is 26.0. The summed E-state index contributed by atoms with van der Waals surface area (Å²) in [6.45, 7) is 3.24. The van der Waals surface area contributed by atoms with Crippen LogP contribution in [-0.2, 0) is 20.0 Å². The van der Waals surface area contributed by atoms with E-state index in [1.165, 1.54) is 21.3 Å². The minimum Gasteiger partial charge on any atom is -0.433 e. The van der Waals surface area contributed by atoms with E-state index in [1.54, 1.807) is 30.9 Å². The Balaban J connectivity index is 1.58. The minimum absolute atomic E-state index is 0.0370. The lowest BCUT2D eigenvalue weighted by atomic mass is 10.1. The third kappa shape index (κ3) is 5.70. The van der Waals surface area contributed by atoms with Crippen molar-refractivity contribution in [3.63, 3.8) is 0 Å². The molecule has 0 fully saturated rings. The van der Waals surface area contributed by atoms with Crippen molar-refractivity contribution < 1.29 is 18.6 Å². The highest BCUT2D eigenvalue weighted by molar-refractivity contribution is 8.03. The number of rotatable bonds is 10. The Labute approximate surface area is 211 Å². The number of anilines is 2. The maximum Gasteiger partial charge on any atom is 0.394 e. The quantitative estimate of drug-likeness (QED) is 0.437. The second-order valence-corrected chi connectivity index (χ2v) is 10.5. The van der Waals surface area contributed by atoms with Gasteiger partial charge in [0.15, 0.2) is 0 Å². The number of thioether (sulfide) groups is 1. The van der Waals surface area contributed by atoms with Gasteiger partial charge < -0.3 is 25.4 Å². The highest BCUT2D eigenvalue weighted by atomic mass is 32.2. The van der Waals surface area contributed by atoms with Crippen molar-refractivity contribution in [3.05, 3.63) is 61.8 Å². The number of hydrogen-bond acceptors (Lipinski definition) is 8. The van der Waals surface area contributed by atoms with E-state index in [0.29, 0.717) is 44.2 Å². The van der Waals surface area contributed by atoms with Crippen molar-refractivity contribution in [1.82, 2.24) is 14.5 Å². The SMILES string of the molecule is CC1=CNC(CN2c3c(n(C)c(=O)n(CCCO)c3=O)NC2CCc2ccc(OC(C)(F)F)cc2)S1. The number of aliphatic hydroxyl groups excluding tert-OH is 1. The summed E-state index contributed by atoms with van der Waals surface area (Å²) < 4.78 is 33.4. The first kappa shape index (κ1) is 26.1. The Morgan fingerprint density at radius 1 is 1.22 bits per heavy atom. The van der Waals surface area contributed by atoms with Gasteiger partial charge in [0.25, 0.3) is 5.56 Å². The van der Waals surface area contributed by atoms with E-state index in [4.69, 9.17) is 0 Å². The largest absolute Gasteiger partial charge is 0.433 e. The standard InChI is InChI=1S/C24H31F2N5O4S/c1-15-13-27-19(36-15)14-31-18(10-7-16-5-8-17(9-6-16)35-24(2,25)26)28-21-20(31)22(33)30(11-4-12-32)23(34)29(21)3/h5-6,8-9,13,18-19,27-28,32H,4,7,10-12,14H2,1-3H3.